The molecule has 0 aliphatic heterocycles. The summed E-state index contributed by atoms with van der Waals surface area (Å²) in [4.78, 5) is 15.1. The lowest BCUT2D eigenvalue weighted by molar-refractivity contribution is -0.117. The molecule has 3 N–H and O–H groups in total. The molecule has 1 amide bonds. The van der Waals surface area contributed by atoms with Crippen molar-refractivity contribution in [1.29, 1.82) is 0 Å². The van der Waals surface area contributed by atoms with Gasteiger partial charge in [0.15, 0.2) is 0 Å². The van der Waals surface area contributed by atoms with Crippen molar-refractivity contribution in [3.8, 4) is 0 Å². The summed E-state index contributed by atoms with van der Waals surface area (Å²) in [5.74, 6) is -0.346. The quantitative estimate of drug-likeness (QED) is 0.884. The topological polar surface area (TPSA) is 68.0 Å². The first-order valence-corrected chi connectivity index (χ1v) is 6.55. The molecule has 0 spiro atoms. The third-order valence-electron chi connectivity index (χ3n) is 2.34. The lowest BCUT2D eigenvalue weighted by atomic mass is 10.1. The number of anilines is 1. The number of carbonyl (C=O) groups excluding carboxylic acids is 1. The molecule has 0 fully saturated rings. The van der Waals surface area contributed by atoms with Crippen LogP contribution in [0.4, 0.5) is 5.69 Å². The largest absolute Gasteiger partial charge is 0.378 e. The highest BCUT2D eigenvalue weighted by Gasteiger charge is 2.05. The fourth-order valence-electron chi connectivity index (χ4n) is 1.58. The van der Waals surface area contributed by atoms with Crippen LogP contribution in [0.3, 0.4) is 0 Å². The molecular weight excluding hydrogens is 270 g/mol. The lowest BCUT2D eigenvalue weighted by Crippen LogP contribution is -2.15. The normalized spacial score (nSPS) is 10.3. The van der Waals surface area contributed by atoms with E-state index in [0.717, 1.165) is 16.3 Å². The van der Waals surface area contributed by atoms with E-state index in [4.69, 9.17) is 17.3 Å². The Morgan fingerprint density at radius 1 is 1.44 bits per heavy atom. The zero-order valence-corrected chi connectivity index (χ0v) is 11.1. The number of rotatable bonds is 5. The molecule has 0 unspecified atom stereocenters. The van der Waals surface area contributed by atoms with Crippen LogP contribution in [0.2, 0.25) is 4.34 Å². The van der Waals surface area contributed by atoms with Crippen molar-refractivity contribution in [3.63, 3.8) is 0 Å². The standard InChI is InChI=1S/C12H12ClN3OS/c13-10-6-16-12(18-10)7-15-9-4-2-1-3-8(9)5-11(14)17/h1-4,6,15H,5,7H2,(H2,14,17). The predicted octanol–water partition coefficient (Wildman–Crippen LogP) is 2.44. The molecule has 1 aromatic heterocycles. The van der Waals surface area contributed by atoms with Gasteiger partial charge in [-0.2, -0.15) is 0 Å². The van der Waals surface area contributed by atoms with E-state index in [1.165, 1.54) is 11.3 Å². The van der Waals surface area contributed by atoms with E-state index in [9.17, 15) is 4.79 Å². The number of nitrogens with one attached hydrogen (secondary N) is 1. The summed E-state index contributed by atoms with van der Waals surface area (Å²) in [7, 11) is 0. The van der Waals surface area contributed by atoms with Crippen molar-refractivity contribution in [2.75, 3.05) is 5.32 Å². The van der Waals surface area contributed by atoms with Gasteiger partial charge in [0.25, 0.3) is 0 Å². The highest BCUT2D eigenvalue weighted by molar-refractivity contribution is 7.15. The van der Waals surface area contributed by atoms with Gasteiger partial charge in [0.2, 0.25) is 5.91 Å². The van der Waals surface area contributed by atoms with E-state index in [1.807, 2.05) is 24.3 Å². The Labute approximate surface area is 114 Å². The van der Waals surface area contributed by atoms with Crippen molar-refractivity contribution < 1.29 is 4.79 Å². The van der Waals surface area contributed by atoms with Crippen molar-refractivity contribution in [1.82, 2.24) is 4.98 Å². The Morgan fingerprint density at radius 3 is 2.89 bits per heavy atom. The van der Waals surface area contributed by atoms with Gasteiger partial charge in [-0.25, -0.2) is 4.98 Å². The minimum atomic E-state index is -0.346. The lowest BCUT2D eigenvalue weighted by Gasteiger charge is -2.09. The van der Waals surface area contributed by atoms with Crippen LogP contribution in [0.1, 0.15) is 10.6 Å². The molecule has 18 heavy (non-hydrogen) atoms. The molecule has 0 aliphatic carbocycles. The molecule has 1 heterocycles. The SMILES string of the molecule is NC(=O)Cc1ccccc1NCc1ncc(Cl)s1. The number of thiazole rings is 1. The molecule has 0 saturated carbocycles. The number of hydrogen-bond acceptors (Lipinski definition) is 4. The predicted molar refractivity (Wildman–Crippen MR) is 73.8 cm³/mol. The van der Waals surface area contributed by atoms with Gasteiger partial charge in [0.05, 0.1) is 19.2 Å². The number of nitrogens with zero attached hydrogens (tertiary/aromatic N) is 1. The molecule has 2 rings (SSSR count). The van der Waals surface area contributed by atoms with Crippen LogP contribution in [0, 0.1) is 0 Å². The molecule has 94 valence electrons. The average Bonchev–Trinajstić information content (AvgIpc) is 2.73. The molecule has 4 nitrogen and oxygen atoms in total. The van der Waals surface area contributed by atoms with E-state index in [1.54, 1.807) is 6.20 Å². The Morgan fingerprint density at radius 2 is 2.22 bits per heavy atom. The highest BCUT2D eigenvalue weighted by atomic mass is 35.5. The molecule has 0 atom stereocenters. The van der Waals surface area contributed by atoms with Gasteiger partial charge in [-0.15, -0.1) is 11.3 Å². The highest BCUT2D eigenvalue weighted by Crippen LogP contribution is 2.21. The fraction of sp³-hybridized carbons (Fsp3) is 0.167. The second-order valence-electron chi connectivity index (χ2n) is 3.71. The number of aromatic nitrogens is 1. The summed E-state index contributed by atoms with van der Waals surface area (Å²) in [6.07, 6.45) is 1.85. The number of halogens is 1. The summed E-state index contributed by atoms with van der Waals surface area (Å²) < 4.78 is 0.664. The second kappa shape index (κ2) is 5.84. The van der Waals surface area contributed by atoms with Crippen molar-refractivity contribution in [3.05, 3.63) is 45.4 Å². The van der Waals surface area contributed by atoms with E-state index < -0.39 is 0 Å². The Hall–Kier alpha value is -1.59. The van der Waals surface area contributed by atoms with Gasteiger partial charge in [-0.3, -0.25) is 4.79 Å². The Balaban J connectivity index is 2.06. The zero-order chi connectivity index (χ0) is 13.0. The van der Waals surface area contributed by atoms with Crippen LogP contribution in [0.15, 0.2) is 30.5 Å². The minimum Gasteiger partial charge on any atom is -0.378 e. The van der Waals surface area contributed by atoms with Gasteiger partial charge in [-0.05, 0) is 11.6 Å². The maximum absolute atomic E-state index is 11.0. The van der Waals surface area contributed by atoms with Gasteiger partial charge in [0, 0.05) is 5.69 Å². The maximum Gasteiger partial charge on any atom is 0.221 e. The molecule has 0 bridgehead atoms. The minimum absolute atomic E-state index is 0.224. The molecule has 1 aromatic carbocycles. The third kappa shape index (κ3) is 3.45. The monoisotopic (exact) mass is 281 g/mol. The van der Waals surface area contributed by atoms with Gasteiger partial charge >= 0.3 is 0 Å². The zero-order valence-electron chi connectivity index (χ0n) is 9.52. The molecule has 6 heteroatoms. The average molecular weight is 282 g/mol. The number of carbonyl (C=O) groups is 1. The van der Waals surface area contributed by atoms with Crippen molar-refractivity contribution >= 4 is 34.5 Å². The van der Waals surface area contributed by atoms with Crippen LogP contribution >= 0.6 is 22.9 Å². The third-order valence-corrected chi connectivity index (χ3v) is 3.45. The van der Waals surface area contributed by atoms with Crippen LogP contribution in [-0.2, 0) is 17.8 Å². The number of primary amides is 1. The summed E-state index contributed by atoms with van der Waals surface area (Å²) >= 11 is 7.24. The number of benzene rings is 1. The van der Waals surface area contributed by atoms with E-state index >= 15 is 0 Å². The number of nitrogens with two attached hydrogens (primary N) is 1. The number of para-hydroxylation sites is 1. The second-order valence-corrected chi connectivity index (χ2v) is 5.46. The number of amides is 1. The van der Waals surface area contributed by atoms with Crippen LogP contribution in [-0.4, -0.2) is 10.9 Å². The summed E-state index contributed by atoms with van der Waals surface area (Å²) in [5, 5.41) is 4.13. The first-order chi connectivity index (χ1) is 8.65. The number of hydrogen-bond donors (Lipinski definition) is 2. The van der Waals surface area contributed by atoms with Gasteiger partial charge in [0.1, 0.15) is 9.34 Å². The summed E-state index contributed by atoms with van der Waals surface area (Å²) in [5.41, 5.74) is 6.98. The fourth-order valence-corrected chi connectivity index (χ4v) is 2.47. The summed E-state index contributed by atoms with van der Waals surface area (Å²) in [6, 6.07) is 7.57. The van der Waals surface area contributed by atoms with Gasteiger partial charge in [-0.1, -0.05) is 29.8 Å². The Bertz CT molecular complexity index is 556. The van der Waals surface area contributed by atoms with Crippen molar-refractivity contribution in [2.24, 2.45) is 5.73 Å². The van der Waals surface area contributed by atoms with Crippen LogP contribution < -0.4 is 11.1 Å². The van der Waals surface area contributed by atoms with Gasteiger partial charge < -0.3 is 11.1 Å². The maximum atomic E-state index is 11.0. The van der Waals surface area contributed by atoms with E-state index in [0.29, 0.717) is 10.9 Å². The summed E-state index contributed by atoms with van der Waals surface area (Å²) in [6.45, 7) is 0.577. The van der Waals surface area contributed by atoms with E-state index in [2.05, 4.69) is 10.3 Å². The smallest absolute Gasteiger partial charge is 0.221 e. The molecule has 0 aliphatic rings. The Kier molecular flexibility index (Phi) is 4.17. The first kappa shape index (κ1) is 12.9. The van der Waals surface area contributed by atoms with Crippen LogP contribution in [0.25, 0.3) is 0 Å². The molecule has 0 radical (unpaired) electrons. The molecule has 2 aromatic rings. The van der Waals surface area contributed by atoms with E-state index in [-0.39, 0.29) is 12.3 Å². The van der Waals surface area contributed by atoms with Crippen LogP contribution in [0.5, 0.6) is 0 Å². The van der Waals surface area contributed by atoms with Crippen molar-refractivity contribution in [2.45, 2.75) is 13.0 Å². The molecule has 0 saturated heterocycles. The first-order valence-electron chi connectivity index (χ1n) is 5.35. The molecular formula is C12H12ClN3OS.